The molecule has 0 aromatic rings. The molecule has 0 saturated heterocycles. The molecule has 3 atom stereocenters. The number of nitrogens with one attached hydrogen (secondary N) is 1. The standard InChI is InChI=1S/C33H57NO4/c1-3-5-7-9-11-13-15-17-19-21-23-25-27-31(36)30(29-35)34-33(38)32(37)28-26-24-22-20-18-16-14-12-10-8-6-4-2/h9,11,17-20,24-27,30-32,35-37H,3-8,10,12-16,21-23,28-29H2,1-2H3,(H,34,38)/b11-9+,19-17+,20-18-,26-24-,27-25+. The molecule has 218 valence electrons. The maximum Gasteiger partial charge on any atom is 0.249 e. The van der Waals surface area contributed by atoms with Crippen LogP contribution in [-0.4, -0.2) is 46.1 Å². The highest BCUT2D eigenvalue weighted by molar-refractivity contribution is 5.81. The third-order valence-corrected chi connectivity index (χ3v) is 6.32. The summed E-state index contributed by atoms with van der Waals surface area (Å²) in [5.74, 6) is -0.591. The van der Waals surface area contributed by atoms with E-state index in [2.05, 4.69) is 55.6 Å². The van der Waals surface area contributed by atoms with E-state index in [1.807, 2.05) is 12.2 Å². The van der Waals surface area contributed by atoms with Crippen molar-refractivity contribution in [3.63, 3.8) is 0 Å². The predicted octanol–water partition coefficient (Wildman–Crippen LogP) is 7.25. The van der Waals surface area contributed by atoms with Crippen molar-refractivity contribution in [3.8, 4) is 0 Å². The van der Waals surface area contributed by atoms with Gasteiger partial charge in [-0.15, -0.1) is 0 Å². The van der Waals surface area contributed by atoms with Crippen molar-refractivity contribution in [2.75, 3.05) is 6.61 Å². The molecule has 3 unspecified atom stereocenters. The molecule has 0 rings (SSSR count). The molecular weight excluding hydrogens is 474 g/mol. The molecule has 0 bridgehead atoms. The van der Waals surface area contributed by atoms with Crippen molar-refractivity contribution < 1.29 is 20.1 Å². The molecule has 0 fully saturated rings. The van der Waals surface area contributed by atoms with Gasteiger partial charge in [0, 0.05) is 6.42 Å². The summed E-state index contributed by atoms with van der Waals surface area (Å²) in [5, 5.41) is 32.5. The summed E-state index contributed by atoms with van der Waals surface area (Å²) < 4.78 is 0. The van der Waals surface area contributed by atoms with Crippen molar-refractivity contribution in [2.24, 2.45) is 0 Å². The fourth-order valence-corrected chi connectivity index (χ4v) is 3.83. The Morgan fingerprint density at radius 3 is 1.84 bits per heavy atom. The van der Waals surface area contributed by atoms with Crippen LogP contribution < -0.4 is 5.32 Å². The molecule has 0 saturated carbocycles. The first-order valence-corrected chi connectivity index (χ1v) is 15.1. The Morgan fingerprint density at radius 2 is 1.18 bits per heavy atom. The topological polar surface area (TPSA) is 89.8 Å². The van der Waals surface area contributed by atoms with Gasteiger partial charge in [0.1, 0.15) is 6.10 Å². The summed E-state index contributed by atoms with van der Waals surface area (Å²) in [6, 6.07) is -0.850. The van der Waals surface area contributed by atoms with E-state index in [4.69, 9.17) is 0 Å². The van der Waals surface area contributed by atoms with Gasteiger partial charge in [-0.3, -0.25) is 4.79 Å². The minimum atomic E-state index is -1.21. The SMILES string of the molecule is CCCC/C=C/CC/C=C/CC/C=C/C(O)C(CO)NC(=O)C(O)C/C=C\C/C=C\CCCCCCCC. The zero-order valence-electron chi connectivity index (χ0n) is 24.3. The van der Waals surface area contributed by atoms with Gasteiger partial charge in [0.25, 0.3) is 0 Å². The van der Waals surface area contributed by atoms with Gasteiger partial charge in [0.2, 0.25) is 5.91 Å². The van der Waals surface area contributed by atoms with Crippen LogP contribution in [0.25, 0.3) is 0 Å². The van der Waals surface area contributed by atoms with Gasteiger partial charge < -0.3 is 20.6 Å². The smallest absolute Gasteiger partial charge is 0.249 e. The van der Waals surface area contributed by atoms with Gasteiger partial charge in [-0.2, -0.15) is 0 Å². The van der Waals surface area contributed by atoms with Gasteiger partial charge in [-0.05, 0) is 51.4 Å². The van der Waals surface area contributed by atoms with Crippen molar-refractivity contribution in [1.29, 1.82) is 0 Å². The zero-order valence-corrected chi connectivity index (χ0v) is 24.3. The lowest BCUT2D eigenvalue weighted by molar-refractivity contribution is -0.131. The van der Waals surface area contributed by atoms with Gasteiger partial charge in [0.05, 0.1) is 18.8 Å². The molecule has 0 aromatic carbocycles. The number of amides is 1. The molecule has 5 nitrogen and oxygen atoms in total. The quantitative estimate of drug-likeness (QED) is 0.0738. The maximum absolute atomic E-state index is 12.3. The van der Waals surface area contributed by atoms with E-state index < -0.39 is 30.8 Å². The highest BCUT2D eigenvalue weighted by Crippen LogP contribution is 2.08. The molecule has 1 amide bonds. The van der Waals surface area contributed by atoms with Crippen LogP contribution in [0.5, 0.6) is 0 Å². The molecule has 0 aliphatic carbocycles. The lowest BCUT2D eigenvalue weighted by atomic mass is 10.1. The second-order valence-electron chi connectivity index (χ2n) is 9.94. The minimum absolute atomic E-state index is 0.196. The highest BCUT2D eigenvalue weighted by Gasteiger charge is 2.22. The van der Waals surface area contributed by atoms with Crippen LogP contribution in [0.1, 0.15) is 117 Å². The van der Waals surface area contributed by atoms with E-state index in [1.54, 1.807) is 12.2 Å². The Labute approximate surface area is 233 Å². The fraction of sp³-hybridized carbons (Fsp3) is 0.667. The molecule has 5 heteroatoms. The van der Waals surface area contributed by atoms with E-state index in [0.29, 0.717) is 0 Å². The molecule has 0 heterocycles. The van der Waals surface area contributed by atoms with Gasteiger partial charge in [-0.1, -0.05) is 120 Å². The Bertz CT molecular complexity index is 680. The van der Waals surface area contributed by atoms with E-state index in [9.17, 15) is 20.1 Å². The van der Waals surface area contributed by atoms with Crippen molar-refractivity contribution in [3.05, 3.63) is 60.8 Å². The van der Waals surface area contributed by atoms with Crippen LogP contribution in [0, 0.1) is 0 Å². The van der Waals surface area contributed by atoms with Gasteiger partial charge >= 0.3 is 0 Å². The largest absolute Gasteiger partial charge is 0.394 e. The first-order valence-electron chi connectivity index (χ1n) is 15.1. The molecular formula is C33H57NO4. The molecule has 0 spiro atoms. The third kappa shape index (κ3) is 23.2. The van der Waals surface area contributed by atoms with Crippen molar-refractivity contribution >= 4 is 5.91 Å². The minimum Gasteiger partial charge on any atom is -0.394 e. The van der Waals surface area contributed by atoms with E-state index in [-0.39, 0.29) is 6.42 Å². The summed E-state index contributed by atoms with van der Waals surface area (Å²) >= 11 is 0. The lowest BCUT2D eigenvalue weighted by Gasteiger charge is -2.21. The number of aliphatic hydroxyl groups excluding tert-OH is 3. The van der Waals surface area contributed by atoms with E-state index in [0.717, 1.165) is 44.9 Å². The number of rotatable bonds is 25. The van der Waals surface area contributed by atoms with E-state index in [1.165, 1.54) is 51.4 Å². The number of hydrogen-bond acceptors (Lipinski definition) is 4. The highest BCUT2D eigenvalue weighted by atomic mass is 16.3. The molecule has 38 heavy (non-hydrogen) atoms. The molecule has 0 aromatic heterocycles. The number of unbranched alkanes of at least 4 members (excludes halogenated alkanes) is 10. The van der Waals surface area contributed by atoms with Crippen LogP contribution in [-0.2, 0) is 4.79 Å². The Hall–Kier alpha value is -1.95. The Balaban J connectivity index is 4.06. The van der Waals surface area contributed by atoms with Crippen LogP contribution >= 0.6 is 0 Å². The predicted molar refractivity (Wildman–Crippen MR) is 162 cm³/mol. The summed E-state index contributed by atoms with van der Waals surface area (Å²) in [7, 11) is 0. The fourth-order valence-electron chi connectivity index (χ4n) is 3.83. The number of allylic oxidation sites excluding steroid dienone is 8. The summed E-state index contributed by atoms with van der Waals surface area (Å²) in [5.41, 5.74) is 0. The van der Waals surface area contributed by atoms with Gasteiger partial charge in [-0.25, -0.2) is 0 Å². The summed E-state index contributed by atoms with van der Waals surface area (Å²) in [6.45, 7) is 4.02. The first-order chi connectivity index (χ1) is 18.6. The van der Waals surface area contributed by atoms with Crippen molar-refractivity contribution in [1.82, 2.24) is 5.32 Å². The zero-order chi connectivity index (χ0) is 28.1. The summed E-state index contributed by atoms with van der Waals surface area (Å²) in [4.78, 5) is 12.3. The second kappa shape index (κ2) is 28.1. The molecule has 0 radical (unpaired) electrons. The number of aliphatic hydroxyl groups is 3. The van der Waals surface area contributed by atoms with Crippen LogP contribution in [0.4, 0.5) is 0 Å². The van der Waals surface area contributed by atoms with Crippen LogP contribution in [0.15, 0.2) is 60.8 Å². The van der Waals surface area contributed by atoms with Gasteiger partial charge in [0.15, 0.2) is 0 Å². The van der Waals surface area contributed by atoms with Crippen LogP contribution in [0.3, 0.4) is 0 Å². The molecule has 4 N–H and O–H groups in total. The normalized spacial score (nSPS) is 15.0. The Morgan fingerprint density at radius 1 is 0.658 bits per heavy atom. The summed E-state index contributed by atoms with van der Waals surface area (Å²) in [6.07, 6.45) is 35.3. The monoisotopic (exact) mass is 531 g/mol. The molecule has 0 aliphatic rings. The molecule has 0 aliphatic heterocycles. The average molecular weight is 532 g/mol. The first kappa shape index (κ1) is 36.0. The third-order valence-electron chi connectivity index (χ3n) is 6.32. The maximum atomic E-state index is 12.3. The second-order valence-corrected chi connectivity index (χ2v) is 9.94. The Kier molecular flexibility index (Phi) is 26.6. The lowest BCUT2D eigenvalue weighted by Crippen LogP contribution is -2.48. The van der Waals surface area contributed by atoms with Crippen molar-refractivity contribution in [2.45, 2.75) is 135 Å². The number of carbonyl (C=O) groups is 1. The van der Waals surface area contributed by atoms with Crippen LogP contribution in [0.2, 0.25) is 0 Å². The average Bonchev–Trinajstić information content (AvgIpc) is 2.92. The number of hydrogen-bond donors (Lipinski definition) is 4. The number of carbonyl (C=O) groups excluding carboxylic acids is 1. The van der Waals surface area contributed by atoms with E-state index >= 15 is 0 Å².